The quantitative estimate of drug-likeness (QED) is 0.718. The summed E-state index contributed by atoms with van der Waals surface area (Å²) in [7, 11) is 0. The highest BCUT2D eigenvalue weighted by Gasteiger charge is 2.19. The van der Waals surface area contributed by atoms with E-state index >= 15 is 0 Å². The molecule has 0 radical (unpaired) electrons. The fourth-order valence-electron chi connectivity index (χ4n) is 1.59. The van der Waals surface area contributed by atoms with Crippen molar-refractivity contribution < 1.29 is 9.59 Å². The van der Waals surface area contributed by atoms with Gasteiger partial charge in [-0.3, -0.25) is 9.59 Å². The lowest BCUT2D eigenvalue weighted by Crippen LogP contribution is -2.40. The lowest BCUT2D eigenvalue weighted by Gasteiger charge is -2.21. The predicted octanol–water partition coefficient (Wildman–Crippen LogP) is 2.65. The highest BCUT2D eigenvalue weighted by Crippen LogP contribution is 2.21. The van der Waals surface area contributed by atoms with Crippen LogP contribution in [-0.4, -0.2) is 36.3 Å². The Balaban J connectivity index is 2.89. The van der Waals surface area contributed by atoms with Gasteiger partial charge in [-0.25, -0.2) is 0 Å². The molecule has 0 aliphatic carbocycles. The maximum Gasteiger partial charge on any atom is 0.255 e. The normalized spacial score (nSPS) is 10.1. The Morgan fingerprint density at radius 2 is 2.05 bits per heavy atom. The van der Waals surface area contributed by atoms with E-state index in [1.165, 1.54) is 4.90 Å². The number of nitrogens with zero attached hydrogens (tertiary/aromatic N) is 1. The molecule has 0 saturated heterocycles. The molecule has 1 N–H and O–H groups in total. The fraction of sp³-hybridized carbons (Fsp3) is 0.385. The molecule has 0 fully saturated rings. The molecule has 4 nitrogen and oxygen atoms in total. The molecule has 0 unspecified atom stereocenters. The molecule has 0 atom stereocenters. The zero-order valence-corrected chi connectivity index (χ0v) is 14.6. The molecule has 1 aromatic carbocycles. The van der Waals surface area contributed by atoms with Gasteiger partial charge in [0.25, 0.3) is 5.91 Å². The van der Waals surface area contributed by atoms with Crippen LogP contribution in [-0.2, 0) is 4.79 Å². The number of nitrogens with one attached hydrogen (secondary N) is 1. The second-order valence-electron chi connectivity index (χ2n) is 3.90. The number of rotatable bonds is 5. The monoisotopic (exact) mass is 438 g/mol. The first-order valence-corrected chi connectivity index (χ1v) is 7.87. The smallest absolute Gasteiger partial charge is 0.255 e. The van der Waals surface area contributed by atoms with Crippen LogP contribution in [0, 0.1) is 3.57 Å². The molecule has 1 aromatic rings. The van der Waals surface area contributed by atoms with E-state index in [1.807, 2.05) is 32.0 Å². The van der Waals surface area contributed by atoms with Gasteiger partial charge in [-0.2, -0.15) is 0 Å². The minimum atomic E-state index is -0.140. The molecule has 0 bridgehead atoms. The molecule has 0 aliphatic heterocycles. The Morgan fingerprint density at radius 3 is 2.63 bits per heavy atom. The average Bonchev–Trinajstić information content (AvgIpc) is 2.38. The number of halogens is 2. The standard InChI is InChI=1S/C13H16BrIN2O2/c1-3-16-12(18)8-17(4-2)13(19)10-7-9(15)5-6-11(10)14/h5-7H,3-4,8H2,1-2H3,(H,16,18). The molecule has 0 aliphatic rings. The van der Waals surface area contributed by atoms with Gasteiger partial charge in [-0.15, -0.1) is 0 Å². The Labute approximate surface area is 135 Å². The van der Waals surface area contributed by atoms with Crippen LogP contribution in [0.5, 0.6) is 0 Å². The van der Waals surface area contributed by atoms with Crippen molar-refractivity contribution in [3.8, 4) is 0 Å². The zero-order valence-electron chi connectivity index (χ0n) is 10.9. The van der Waals surface area contributed by atoms with Gasteiger partial charge in [0.05, 0.1) is 12.1 Å². The first-order valence-electron chi connectivity index (χ1n) is 6.00. The van der Waals surface area contributed by atoms with Crippen molar-refractivity contribution in [1.82, 2.24) is 10.2 Å². The van der Waals surface area contributed by atoms with Crippen molar-refractivity contribution >= 4 is 50.3 Å². The Morgan fingerprint density at radius 1 is 1.37 bits per heavy atom. The minimum absolute atomic E-state index is 0.0844. The summed E-state index contributed by atoms with van der Waals surface area (Å²) in [4.78, 5) is 25.5. The summed E-state index contributed by atoms with van der Waals surface area (Å²) in [6.45, 7) is 4.86. The topological polar surface area (TPSA) is 49.4 Å². The molecular formula is C13H16BrIN2O2. The lowest BCUT2D eigenvalue weighted by atomic mass is 10.2. The maximum absolute atomic E-state index is 12.4. The lowest BCUT2D eigenvalue weighted by molar-refractivity contribution is -0.121. The van der Waals surface area contributed by atoms with Crippen LogP contribution >= 0.6 is 38.5 Å². The van der Waals surface area contributed by atoms with Gasteiger partial charge in [-0.05, 0) is 70.6 Å². The SMILES string of the molecule is CCNC(=O)CN(CC)C(=O)c1cc(I)ccc1Br. The molecule has 104 valence electrons. The summed E-state index contributed by atoms with van der Waals surface area (Å²) in [5, 5.41) is 2.70. The summed E-state index contributed by atoms with van der Waals surface area (Å²) in [5.41, 5.74) is 0.582. The third-order valence-corrected chi connectivity index (χ3v) is 3.90. The van der Waals surface area contributed by atoms with Gasteiger partial charge in [0.15, 0.2) is 0 Å². The Bertz CT molecular complexity index is 480. The van der Waals surface area contributed by atoms with Gasteiger partial charge >= 0.3 is 0 Å². The fourth-order valence-corrected chi connectivity index (χ4v) is 2.49. The maximum atomic E-state index is 12.4. The Kier molecular flexibility index (Phi) is 6.78. The van der Waals surface area contributed by atoms with E-state index < -0.39 is 0 Å². The van der Waals surface area contributed by atoms with E-state index in [0.29, 0.717) is 18.7 Å². The average molecular weight is 439 g/mol. The van der Waals surface area contributed by atoms with Gasteiger partial charge in [0.2, 0.25) is 5.91 Å². The van der Waals surface area contributed by atoms with E-state index in [-0.39, 0.29) is 18.4 Å². The molecule has 1 rings (SSSR count). The number of hydrogen-bond donors (Lipinski definition) is 1. The molecule has 0 saturated carbocycles. The summed E-state index contributed by atoms with van der Waals surface area (Å²) in [6.07, 6.45) is 0. The highest BCUT2D eigenvalue weighted by atomic mass is 127. The van der Waals surface area contributed by atoms with Crippen molar-refractivity contribution in [2.75, 3.05) is 19.6 Å². The third kappa shape index (κ3) is 4.76. The number of likely N-dealkylation sites (N-methyl/N-ethyl adjacent to an activating group) is 2. The van der Waals surface area contributed by atoms with Gasteiger partial charge in [0.1, 0.15) is 0 Å². The Hall–Kier alpha value is -0.630. The first-order chi connectivity index (χ1) is 8.99. The van der Waals surface area contributed by atoms with Crippen molar-refractivity contribution in [2.24, 2.45) is 0 Å². The van der Waals surface area contributed by atoms with Gasteiger partial charge in [0, 0.05) is 21.1 Å². The number of benzene rings is 1. The molecule has 19 heavy (non-hydrogen) atoms. The minimum Gasteiger partial charge on any atom is -0.355 e. The van der Waals surface area contributed by atoms with Gasteiger partial charge < -0.3 is 10.2 Å². The number of carbonyl (C=O) groups excluding carboxylic acids is 2. The second kappa shape index (κ2) is 7.84. The van der Waals surface area contributed by atoms with Crippen LogP contribution in [0.1, 0.15) is 24.2 Å². The van der Waals surface area contributed by atoms with Crippen molar-refractivity contribution in [3.63, 3.8) is 0 Å². The number of hydrogen-bond acceptors (Lipinski definition) is 2. The van der Waals surface area contributed by atoms with E-state index in [9.17, 15) is 9.59 Å². The largest absolute Gasteiger partial charge is 0.355 e. The molecule has 0 spiro atoms. The summed E-state index contributed by atoms with van der Waals surface area (Å²) in [6, 6.07) is 5.57. The van der Waals surface area contributed by atoms with Crippen LogP contribution < -0.4 is 5.32 Å². The van der Waals surface area contributed by atoms with Gasteiger partial charge in [-0.1, -0.05) is 0 Å². The van der Waals surface area contributed by atoms with Crippen LogP contribution in [0.25, 0.3) is 0 Å². The molecule has 6 heteroatoms. The second-order valence-corrected chi connectivity index (χ2v) is 6.00. The third-order valence-electron chi connectivity index (χ3n) is 2.54. The molecule has 0 aromatic heterocycles. The van der Waals surface area contributed by atoms with Crippen LogP contribution in [0.15, 0.2) is 22.7 Å². The van der Waals surface area contributed by atoms with E-state index in [1.54, 1.807) is 0 Å². The van der Waals surface area contributed by atoms with Crippen LogP contribution in [0.3, 0.4) is 0 Å². The summed E-state index contributed by atoms with van der Waals surface area (Å²) < 4.78 is 1.73. The van der Waals surface area contributed by atoms with Crippen molar-refractivity contribution in [2.45, 2.75) is 13.8 Å². The summed E-state index contributed by atoms with van der Waals surface area (Å²) >= 11 is 5.53. The van der Waals surface area contributed by atoms with Crippen LogP contribution in [0.4, 0.5) is 0 Å². The molecular weight excluding hydrogens is 423 g/mol. The number of amides is 2. The van der Waals surface area contributed by atoms with Crippen molar-refractivity contribution in [1.29, 1.82) is 0 Å². The molecule has 0 heterocycles. The van der Waals surface area contributed by atoms with E-state index in [4.69, 9.17) is 0 Å². The molecule has 2 amide bonds. The highest BCUT2D eigenvalue weighted by molar-refractivity contribution is 14.1. The van der Waals surface area contributed by atoms with Crippen molar-refractivity contribution in [3.05, 3.63) is 31.8 Å². The zero-order chi connectivity index (χ0) is 14.4. The van der Waals surface area contributed by atoms with Crippen LogP contribution in [0.2, 0.25) is 0 Å². The van der Waals surface area contributed by atoms with E-state index in [0.717, 1.165) is 8.04 Å². The van der Waals surface area contributed by atoms with E-state index in [2.05, 4.69) is 43.8 Å². The summed E-state index contributed by atoms with van der Waals surface area (Å²) in [5.74, 6) is -0.279. The number of carbonyl (C=O) groups is 2. The first kappa shape index (κ1) is 16.4. The predicted molar refractivity (Wildman–Crippen MR) is 87.1 cm³/mol.